The zero-order chi connectivity index (χ0) is 14.5. The highest BCUT2D eigenvalue weighted by Crippen LogP contribution is 2.38. The molecule has 2 heteroatoms. The Morgan fingerprint density at radius 3 is 2.62 bits per heavy atom. The first-order valence-corrected chi connectivity index (χ1v) is 8.84. The van der Waals surface area contributed by atoms with Crippen LogP contribution in [0.25, 0.3) is 0 Å². The van der Waals surface area contributed by atoms with Crippen LogP contribution in [0.2, 0.25) is 0 Å². The number of nitrogens with one attached hydrogen (secondary N) is 1. The Hall–Kier alpha value is -1.25. The van der Waals surface area contributed by atoms with Crippen LogP contribution in [0.3, 0.4) is 0 Å². The summed E-state index contributed by atoms with van der Waals surface area (Å²) in [4.78, 5) is 1.37. The van der Waals surface area contributed by atoms with Crippen molar-refractivity contribution >= 4 is 11.8 Å². The predicted molar refractivity (Wildman–Crippen MR) is 92.1 cm³/mol. The topological polar surface area (TPSA) is 12.0 Å². The van der Waals surface area contributed by atoms with Crippen molar-refractivity contribution in [3.05, 3.63) is 65.7 Å². The van der Waals surface area contributed by atoms with Crippen LogP contribution < -0.4 is 5.32 Å². The van der Waals surface area contributed by atoms with Crippen LogP contribution >= 0.6 is 11.8 Å². The third-order valence-corrected chi connectivity index (χ3v) is 5.39. The molecule has 0 aliphatic heterocycles. The van der Waals surface area contributed by atoms with E-state index in [1.807, 2.05) is 11.8 Å². The maximum absolute atomic E-state index is 3.66. The molecule has 1 N–H and O–H groups in total. The maximum Gasteiger partial charge on any atom is 0.0167 e. The van der Waals surface area contributed by atoms with Gasteiger partial charge in [-0.05, 0) is 48.6 Å². The Labute approximate surface area is 132 Å². The monoisotopic (exact) mass is 297 g/mol. The van der Waals surface area contributed by atoms with E-state index in [4.69, 9.17) is 0 Å². The molecule has 110 valence electrons. The molecular weight excluding hydrogens is 274 g/mol. The second-order valence-electron chi connectivity index (χ2n) is 5.71. The molecule has 21 heavy (non-hydrogen) atoms. The second-order valence-corrected chi connectivity index (χ2v) is 6.81. The molecule has 0 radical (unpaired) electrons. The maximum atomic E-state index is 3.66. The average Bonchev–Trinajstić information content (AvgIpc) is 2.51. The SMILES string of the molecule is CCNC(CSc1ccccc1)CC1Cc2ccccc21. The number of rotatable bonds is 7. The number of benzene rings is 2. The average molecular weight is 297 g/mol. The molecule has 3 rings (SSSR count). The van der Waals surface area contributed by atoms with Gasteiger partial charge in [-0.3, -0.25) is 0 Å². The van der Waals surface area contributed by atoms with E-state index in [-0.39, 0.29) is 0 Å². The zero-order valence-corrected chi connectivity index (χ0v) is 13.4. The van der Waals surface area contributed by atoms with E-state index >= 15 is 0 Å². The van der Waals surface area contributed by atoms with Crippen molar-refractivity contribution in [2.75, 3.05) is 12.3 Å². The summed E-state index contributed by atoms with van der Waals surface area (Å²) in [6.07, 6.45) is 2.51. The number of fused-ring (bicyclic) bond motifs is 1. The molecule has 2 unspecified atom stereocenters. The molecule has 0 bridgehead atoms. The molecule has 1 aliphatic rings. The Bertz CT molecular complexity index is 567. The number of hydrogen-bond acceptors (Lipinski definition) is 2. The first-order valence-electron chi connectivity index (χ1n) is 7.86. The molecule has 0 fully saturated rings. The summed E-state index contributed by atoms with van der Waals surface area (Å²) in [5, 5.41) is 3.66. The van der Waals surface area contributed by atoms with E-state index in [9.17, 15) is 0 Å². The predicted octanol–water partition coefficient (Wildman–Crippen LogP) is 4.49. The van der Waals surface area contributed by atoms with Gasteiger partial charge in [-0.25, -0.2) is 0 Å². The molecule has 0 aromatic heterocycles. The Morgan fingerprint density at radius 2 is 1.86 bits per heavy atom. The molecule has 0 saturated carbocycles. The first-order chi connectivity index (χ1) is 10.4. The Morgan fingerprint density at radius 1 is 1.10 bits per heavy atom. The van der Waals surface area contributed by atoms with Crippen molar-refractivity contribution in [1.29, 1.82) is 0 Å². The minimum absolute atomic E-state index is 0.596. The van der Waals surface area contributed by atoms with E-state index < -0.39 is 0 Å². The van der Waals surface area contributed by atoms with Crippen molar-refractivity contribution in [2.45, 2.75) is 36.6 Å². The fourth-order valence-corrected chi connectivity index (χ4v) is 4.13. The molecule has 2 aromatic rings. The minimum Gasteiger partial charge on any atom is -0.313 e. The van der Waals surface area contributed by atoms with Gasteiger partial charge in [-0.1, -0.05) is 49.4 Å². The lowest BCUT2D eigenvalue weighted by Gasteiger charge is -2.33. The zero-order valence-electron chi connectivity index (χ0n) is 12.6. The third-order valence-electron chi connectivity index (χ3n) is 4.22. The number of thioether (sulfide) groups is 1. The van der Waals surface area contributed by atoms with Gasteiger partial charge >= 0.3 is 0 Å². The van der Waals surface area contributed by atoms with Crippen LogP contribution in [0.1, 0.15) is 30.4 Å². The summed E-state index contributed by atoms with van der Waals surface area (Å²) in [6.45, 7) is 3.25. The van der Waals surface area contributed by atoms with Crippen LogP contribution in [-0.4, -0.2) is 18.3 Å². The van der Waals surface area contributed by atoms with Gasteiger partial charge in [0, 0.05) is 16.7 Å². The van der Waals surface area contributed by atoms with Crippen molar-refractivity contribution in [1.82, 2.24) is 5.32 Å². The van der Waals surface area contributed by atoms with Gasteiger partial charge in [0.05, 0.1) is 0 Å². The van der Waals surface area contributed by atoms with Crippen LogP contribution in [-0.2, 0) is 6.42 Å². The highest BCUT2D eigenvalue weighted by molar-refractivity contribution is 7.99. The lowest BCUT2D eigenvalue weighted by Crippen LogP contribution is -2.35. The Kier molecular flexibility index (Phi) is 5.00. The van der Waals surface area contributed by atoms with Gasteiger partial charge in [0.1, 0.15) is 0 Å². The van der Waals surface area contributed by atoms with Crippen LogP contribution in [0.5, 0.6) is 0 Å². The first kappa shape index (κ1) is 14.7. The van der Waals surface area contributed by atoms with Gasteiger partial charge in [0.2, 0.25) is 0 Å². The molecule has 0 heterocycles. The highest BCUT2D eigenvalue weighted by atomic mass is 32.2. The second kappa shape index (κ2) is 7.15. The summed E-state index contributed by atoms with van der Waals surface area (Å²) >= 11 is 1.96. The van der Waals surface area contributed by atoms with Gasteiger partial charge in [-0.2, -0.15) is 0 Å². The lowest BCUT2D eigenvalue weighted by atomic mass is 9.74. The summed E-state index contributed by atoms with van der Waals surface area (Å²) in [5.41, 5.74) is 3.12. The van der Waals surface area contributed by atoms with E-state index in [1.54, 1.807) is 11.1 Å². The highest BCUT2D eigenvalue weighted by Gasteiger charge is 2.27. The smallest absolute Gasteiger partial charge is 0.0167 e. The summed E-state index contributed by atoms with van der Waals surface area (Å²) < 4.78 is 0. The quantitative estimate of drug-likeness (QED) is 0.756. The summed E-state index contributed by atoms with van der Waals surface area (Å²) in [7, 11) is 0. The summed E-state index contributed by atoms with van der Waals surface area (Å²) in [6, 6.07) is 20.2. The molecule has 0 amide bonds. The molecule has 0 saturated heterocycles. The van der Waals surface area contributed by atoms with Crippen LogP contribution in [0, 0.1) is 0 Å². The van der Waals surface area contributed by atoms with Crippen molar-refractivity contribution in [3.63, 3.8) is 0 Å². The number of hydrogen-bond donors (Lipinski definition) is 1. The fourth-order valence-electron chi connectivity index (χ4n) is 3.13. The van der Waals surface area contributed by atoms with E-state index in [2.05, 4.69) is 66.8 Å². The van der Waals surface area contributed by atoms with E-state index in [1.165, 1.54) is 17.7 Å². The van der Waals surface area contributed by atoms with Crippen molar-refractivity contribution in [3.8, 4) is 0 Å². The third kappa shape index (κ3) is 3.69. The van der Waals surface area contributed by atoms with E-state index in [0.717, 1.165) is 18.2 Å². The molecule has 0 spiro atoms. The molecule has 2 atom stereocenters. The van der Waals surface area contributed by atoms with Crippen LogP contribution in [0.15, 0.2) is 59.5 Å². The van der Waals surface area contributed by atoms with Gasteiger partial charge < -0.3 is 5.32 Å². The standard InChI is InChI=1S/C19H23NS/c1-2-20-17(14-21-18-9-4-3-5-10-18)13-16-12-15-8-6-7-11-19(15)16/h3-11,16-17,20H,2,12-14H2,1H3. The van der Waals surface area contributed by atoms with E-state index in [0.29, 0.717) is 6.04 Å². The van der Waals surface area contributed by atoms with Crippen LogP contribution in [0.4, 0.5) is 0 Å². The van der Waals surface area contributed by atoms with Crippen molar-refractivity contribution in [2.24, 2.45) is 0 Å². The van der Waals surface area contributed by atoms with Gasteiger partial charge in [0.25, 0.3) is 0 Å². The molecule has 1 nitrogen and oxygen atoms in total. The van der Waals surface area contributed by atoms with Crippen molar-refractivity contribution < 1.29 is 0 Å². The summed E-state index contributed by atoms with van der Waals surface area (Å²) in [5.74, 6) is 1.90. The molecule has 2 aromatic carbocycles. The fraction of sp³-hybridized carbons (Fsp3) is 0.368. The largest absolute Gasteiger partial charge is 0.313 e. The lowest BCUT2D eigenvalue weighted by molar-refractivity contribution is 0.452. The minimum atomic E-state index is 0.596. The molecule has 1 aliphatic carbocycles. The normalized spacial score (nSPS) is 17.9. The van der Waals surface area contributed by atoms with Gasteiger partial charge in [-0.15, -0.1) is 11.8 Å². The van der Waals surface area contributed by atoms with Gasteiger partial charge in [0.15, 0.2) is 0 Å². The molecular formula is C19H23NS. The Balaban J connectivity index is 1.56.